The van der Waals surface area contributed by atoms with Crippen LogP contribution in [0.2, 0.25) is 0 Å². The maximum atomic E-state index is 12.4. The van der Waals surface area contributed by atoms with Gasteiger partial charge < -0.3 is 10.1 Å². The van der Waals surface area contributed by atoms with Gasteiger partial charge in [0.2, 0.25) is 10.0 Å². The van der Waals surface area contributed by atoms with Gasteiger partial charge in [-0.3, -0.25) is 9.52 Å². The molecular formula is C15H22N2O5S. The van der Waals surface area contributed by atoms with E-state index >= 15 is 0 Å². The molecule has 1 amide bonds. The molecule has 1 aromatic rings. The second-order valence-electron chi connectivity index (χ2n) is 5.54. The molecule has 0 aliphatic rings. The minimum atomic E-state index is -3.46. The zero-order chi connectivity index (χ0) is 17.8. The summed E-state index contributed by atoms with van der Waals surface area (Å²) in [5, 5.41) is 2.63. The molecule has 0 unspecified atom stereocenters. The highest BCUT2D eigenvalue weighted by atomic mass is 32.2. The van der Waals surface area contributed by atoms with Gasteiger partial charge in [0.1, 0.15) is 5.54 Å². The molecular weight excluding hydrogens is 320 g/mol. The van der Waals surface area contributed by atoms with Crippen molar-refractivity contribution in [2.24, 2.45) is 0 Å². The van der Waals surface area contributed by atoms with E-state index in [-0.39, 0.29) is 5.56 Å². The van der Waals surface area contributed by atoms with Gasteiger partial charge in [-0.25, -0.2) is 13.2 Å². The van der Waals surface area contributed by atoms with Crippen LogP contribution in [0.3, 0.4) is 0 Å². The van der Waals surface area contributed by atoms with Gasteiger partial charge in [0.25, 0.3) is 5.91 Å². The molecule has 0 saturated heterocycles. The van der Waals surface area contributed by atoms with Crippen molar-refractivity contribution in [3.05, 3.63) is 29.3 Å². The molecule has 0 heterocycles. The Morgan fingerprint density at radius 3 is 2.39 bits per heavy atom. The summed E-state index contributed by atoms with van der Waals surface area (Å²) in [7, 11) is -2.20. The molecule has 8 heteroatoms. The number of esters is 1. The molecule has 0 bridgehead atoms. The average Bonchev–Trinajstić information content (AvgIpc) is 2.46. The topological polar surface area (TPSA) is 102 Å². The summed E-state index contributed by atoms with van der Waals surface area (Å²) in [6.45, 7) is 5.05. The van der Waals surface area contributed by atoms with Crippen molar-refractivity contribution in [2.75, 3.05) is 18.1 Å². The molecule has 0 aromatic heterocycles. The second-order valence-corrected chi connectivity index (χ2v) is 7.28. The van der Waals surface area contributed by atoms with Gasteiger partial charge in [0, 0.05) is 5.56 Å². The summed E-state index contributed by atoms with van der Waals surface area (Å²) in [6.07, 6.45) is 1.39. The van der Waals surface area contributed by atoms with E-state index in [9.17, 15) is 18.0 Å². The third-order valence-corrected chi connectivity index (χ3v) is 4.12. The largest absolute Gasteiger partial charge is 0.467 e. The van der Waals surface area contributed by atoms with Crippen molar-refractivity contribution in [3.63, 3.8) is 0 Å². The van der Waals surface area contributed by atoms with Crippen LogP contribution >= 0.6 is 0 Å². The van der Waals surface area contributed by atoms with Crippen molar-refractivity contribution in [3.8, 4) is 0 Å². The third-order valence-electron chi connectivity index (χ3n) is 3.53. The number of aryl methyl sites for hydroxylation is 1. The summed E-state index contributed by atoms with van der Waals surface area (Å²) in [6, 6.07) is 4.62. The molecule has 23 heavy (non-hydrogen) atoms. The Bertz CT molecular complexity index is 715. The quantitative estimate of drug-likeness (QED) is 0.762. The standard InChI is InChI=1S/C15H22N2O5S/c1-6-15(3,14(19)22-4)16-13(18)11-8-7-10(2)12(9-11)17-23(5,20)21/h7-9,17H,6H2,1-5H3,(H,16,18)/t15-/m0/s1. The highest BCUT2D eigenvalue weighted by Gasteiger charge is 2.34. The first-order valence-corrected chi connectivity index (χ1v) is 8.91. The summed E-state index contributed by atoms with van der Waals surface area (Å²) in [5.74, 6) is -1.04. The number of benzene rings is 1. The lowest BCUT2D eigenvalue weighted by atomic mass is 9.98. The molecule has 0 radical (unpaired) electrons. The summed E-state index contributed by atoms with van der Waals surface area (Å²) in [4.78, 5) is 24.2. The van der Waals surface area contributed by atoms with Gasteiger partial charge in [-0.05, 0) is 38.0 Å². The van der Waals surface area contributed by atoms with Crippen LogP contribution < -0.4 is 10.0 Å². The van der Waals surface area contributed by atoms with Gasteiger partial charge in [-0.15, -0.1) is 0 Å². The number of methoxy groups -OCH3 is 1. The van der Waals surface area contributed by atoms with Crippen LogP contribution in [0.15, 0.2) is 18.2 Å². The van der Waals surface area contributed by atoms with Crippen LogP contribution in [0, 0.1) is 6.92 Å². The smallest absolute Gasteiger partial charge is 0.331 e. The second kappa shape index (κ2) is 6.99. The van der Waals surface area contributed by atoms with E-state index in [1.54, 1.807) is 32.9 Å². The molecule has 2 N–H and O–H groups in total. The number of ether oxygens (including phenoxy) is 1. The molecule has 0 saturated carbocycles. The van der Waals surface area contributed by atoms with E-state index in [1.165, 1.54) is 13.2 Å². The fraction of sp³-hybridized carbons (Fsp3) is 0.467. The first kappa shape index (κ1) is 19.0. The maximum absolute atomic E-state index is 12.4. The van der Waals surface area contributed by atoms with Crippen LogP contribution in [0.5, 0.6) is 0 Å². The molecule has 0 aliphatic carbocycles. The Morgan fingerprint density at radius 1 is 1.30 bits per heavy atom. The predicted molar refractivity (Wildman–Crippen MR) is 87.8 cm³/mol. The van der Waals surface area contributed by atoms with E-state index in [2.05, 4.69) is 10.0 Å². The summed E-state index contributed by atoms with van der Waals surface area (Å²) < 4.78 is 29.8. The molecule has 128 valence electrons. The van der Waals surface area contributed by atoms with Crippen molar-refractivity contribution in [1.29, 1.82) is 0 Å². The number of sulfonamides is 1. The first-order chi connectivity index (χ1) is 10.5. The fourth-order valence-corrected chi connectivity index (χ4v) is 2.52. The Kier molecular flexibility index (Phi) is 5.76. The van der Waals surface area contributed by atoms with E-state index in [1.807, 2.05) is 0 Å². The van der Waals surface area contributed by atoms with Crippen molar-refractivity contribution < 1.29 is 22.7 Å². The van der Waals surface area contributed by atoms with Crippen molar-refractivity contribution >= 4 is 27.6 Å². The number of rotatable bonds is 6. The van der Waals surface area contributed by atoms with Crippen molar-refractivity contribution in [2.45, 2.75) is 32.7 Å². The van der Waals surface area contributed by atoms with Gasteiger partial charge in [-0.2, -0.15) is 0 Å². The molecule has 7 nitrogen and oxygen atoms in total. The number of carbonyl (C=O) groups excluding carboxylic acids is 2. The van der Waals surface area contributed by atoms with Crippen LogP contribution in [0.1, 0.15) is 36.2 Å². The molecule has 1 atom stereocenters. The number of nitrogens with one attached hydrogen (secondary N) is 2. The Labute approximate surface area is 136 Å². The predicted octanol–water partition coefficient (Wildman–Crippen LogP) is 1.44. The van der Waals surface area contributed by atoms with Crippen LogP contribution in [-0.4, -0.2) is 39.2 Å². The monoisotopic (exact) mass is 342 g/mol. The highest BCUT2D eigenvalue weighted by Crippen LogP contribution is 2.19. The van der Waals surface area contributed by atoms with E-state index in [4.69, 9.17) is 4.74 Å². The number of amides is 1. The lowest BCUT2D eigenvalue weighted by molar-refractivity contribution is -0.147. The van der Waals surface area contributed by atoms with Crippen LogP contribution in [0.25, 0.3) is 0 Å². The van der Waals surface area contributed by atoms with Crippen molar-refractivity contribution in [1.82, 2.24) is 5.32 Å². The third kappa shape index (κ3) is 4.95. The number of hydrogen-bond acceptors (Lipinski definition) is 5. The zero-order valence-electron chi connectivity index (χ0n) is 13.9. The molecule has 0 aliphatic heterocycles. The van der Waals surface area contributed by atoms with E-state index in [0.29, 0.717) is 17.7 Å². The van der Waals surface area contributed by atoms with Gasteiger partial charge >= 0.3 is 5.97 Å². The van der Waals surface area contributed by atoms with E-state index in [0.717, 1.165) is 6.26 Å². The zero-order valence-corrected chi connectivity index (χ0v) is 14.7. The van der Waals surface area contributed by atoms with Crippen LogP contribution in [0.4, 0.5) is 5.69 Å². The van der Waals surface area contributed by atoms with Gasteiger partial charge in [0.05, 0.1) is 19.1 Å². The summed E-state index contributed by atoms with van der Waals surface area (Å²) in [5.41, 5.74) is 0.0844. The van der Waals surface area contributed by atoms with Gasteiger partial charge in [-0.1, -0.05) is 13.0 Å². The Hall–Kier alpha value is -2.09. The van der Waals surface area contributed by atoms with E-state index < -0.39 is 27.4 Å². The molecule has 0 fully saturated rings. The van der Waals surface area contributed by atoms with Gasteiger partial charge in [0.15, 0.2) is 0 Å². The SMILES string of the molecule is CC[C@](C)(NC(=O)c1ccc(C)c(NS(C)(=O)=O)c1)C(=O)OC. The Balaban J connectivity index is 3.09. The lowest BCUT2D eigenvalue weighted by Gasteiger charge is -2.26. The number of carbonyl (C=O) groups is 2. The average molecular weight is 342 g/mol. The Morgan fingerprint density at radius 2 is 1.91 bits per heavy atom. The normalized spacial score (nSPS) is 13.8. The number of anilines is 1. The molecule has 1 aromatic carbocycles. The van der Waals surface area contributed by atoms with Crippen LogP contribution in [-0.2, 0) is 19.6 Å². The highest BCUT2D eigenvalue weighted by molar-refractivity contribution is 7.92. The first-order valence-electron chi connectivity index (χ1n) is 7.02. The maximum Gasteiger partial charge on any atom is 0.331 e. The number of hydrogen-bond donors (Lipinski definition) is 2. The minimum Gasteiger partial charge on any atom is -0.467 e. The molecule has 0 spiro atoms. The fourth-order valence-electron chi connectivity index (χ4n) is 1.90. The molecule has 1 rings (SSSR count). The summed E-state index contributed by atoms with van der Waals surface area (Å²) >= 11 is 0. The lowest BCUT2D eigenvalue weighted by Crippen LogP contribution is -2.52. The minimum absolute atomic E-state index is 0.241.